The number of fused-ring (bicyclic) bond motifs is 1. The van der Waals surface area contributed by atoms with E-state index in [2.05, 4.69) is 47.1 Å². The molecule has 4 rings (SSSR count). The summed E-state index contributed by atoms with van der Waals surface area (Å²) in [7, 11) is 0. The summed E-state index contributed by atoms with van der Waals surface area (Å²) in [6.45, 7) is 5.27. The van der Waals surface area contributed by atoms with Crippen LogP contribution in [0.25, 0.3) is 5.82 Å². The van der Waals surface area contributed by atoms with Gasteiger partial charge in [-0.3, -0.25) is 9.55 Å². The minimum absolute atomic E-state index is 0.214. The number of alkyl halides is 1. The van der Waals surface area contributed by atoms with Crippen molar-refractivity contribution in [2.45, 2.75) is 31.6 Å². The lowest BCUT2D eigenvalue weighted by Crippen LogP contribution is -2.29. The lowest BCUT2D eigenvalue weighted by atomic mass is 9.90. The molecule has 5 nitrogen and oxygen atoms in total. The van der Waals surface area contributed by atoms with Crippen LogP contribution in [0.3, 0.4) is 0 Å². The summed E-state index contributed by atoms with van der Waals surface area (Å²) in [5.74, 6) is 2.44. The van der Waals surface area contributed by atoms with Gasteiger partial charge in [-0.05, 0) is 48.2 Å². The van der Waals surface area contributed by atoms with Crippen LogP contribution >= 0.6 is 11.6 Å². The van der Waals surface area contributed by atoms with E-state index in [0.717, 1.165) is 24.3 Å². The molecule has 0 saturated heterocycles. The maximum absolute atomic E-state index is 9.57. The number of hydrogen-bond acceptors (Lipinski definition) is 4. The first kappa shape index (κ1) is 20.2. The Hall–Kier alpha value is -3.10. The van der Waals surface area contributed by atoms with Crippen LogP contribution in [0.2, 0.25) is 0 Å². The van der Waals surface area contributed by atoms with Gasteiger partial charge in [0.1, 0.15) is 11.9 Å². The molecule has 2 atom stereocenters. The van der Waals surface area contributed by atoms with Gasteiger partial charge in [0.05, 0.1) is 10.9 Å². The molecule has 0 bridgehead atoms. The first-order chi connectivity index (χ1) is 14.6. The molecule has 152 valence electrons. The monoisotopic (exact) mass is 417 g/mol. The third-order valence-corrected chi connectivity index (χ3v) is 5.74. The number of anilines is 1. The second-order valence-electron chi connectivity index (χ2n) is 7.96. The highest BCUT2D eigenvalue weighted by molar-refractivity contribution is 6.22. The molecule has 30 heavy (non-hydrogen) atoms. The number of nitriles is 1. The van der Waals surface area contributed by atoms with E-state index in [1.807, 2.05) is 41.4 Å². The fourth-order valence-corrected chi connectivity index (χ4v) is 4.28. The summed E-state index contributed by atoms with van der Waals surface area (Å²) >= 11 is 6.60. The molecule has 0 aliphatic carbocycles. The minimum Gasteiger partial charge on any atom is -0.333 e. The van der Waals surface area contributed by atoms with E-state index in [1.54, 1.807) is 18.3 Å². The molecule has 3 aromatic rings. The summed E-state index contributed by atoms with van der Waals surface area (Å²) in [6.07, 6.45) is 12.5. The number of aromatic nitrogens is 3. The van der Waals surface area contributed by atoms with E-state index in [9.17, 15) is 5.26 Å². The van der Waals surface area contributed by atoms with Crippen LogP contribution in [0.1, 0.15) is 48.3 Å². The molecule has 0 aromatic carbocycles. The van der Waals surface area contributed by atoms with E-state index >= 15 is 0 Å². The van der Waals surface area contributed by atoms with Gasteiger partial charge in [0.25, 0.3) is 0 Å². The summed E-state index contributed by atoms with van der Waals surface area (Å²) in [5, 5.41) is 9.35. The molecule has 0 fully saturated rings. The number of hydrogen-bond donors (Lipinski definition) is 0. The van der Waals surface area contributed by atoms with Gasteiger partial charge in [0.15, 0.2) is 5.82 Å². The molecule has 2 unspecified atom stereocenters. The Balaban J connectivity index is 1.75. The van der Waals surface area contributed by atoms with Crippen molar-refractivity contribution in [2.75, 3.05) is 11.4 Å². The zero-order chi connectivity index (χ0) is 21.1. The Bertz CT molecular complexity index is 1080. The Morgan fingerprint density at radius 1 is 1.20 bits per heavy atom. The molecule has 0 saturated carbocycles. The summed E-state index contributed by atoms with van der Waals surface area (Å²) < 4.78 is 1.97. The fraction of sp³-hybridized carbons (Fsp3) is 0.292. The summed E-state index contributed by atoms with van der Waals surface area (Å²) in [6, 6.07) is 12.0. The molecule has 0 amide bonds. The molecule has 6 heteroatoms. The van der Waals surface area contributed by atoms with Crippen molar-refractivity contribution in [1.82, 2.24) is 14.5 Å². The fourth-order valence-electron chi connectivity index (χ4n) is 4.05. The van der Waals surface area contributed by atoms with Crippen molar-refractivity contribution in [1.29, 1.82) is 5.26 Å². The molecule has 1 aliphatic heterocycles. The Morgan fingerprint density at radius 3 is 2.77 bits per heavy atom. The standard InChI is InChI=1S/C24H24ClN5/c1-17(2)13-20(19-6-3-9-27-15-19)16-29-11-8-22(25)21-7-12-30(24(21)29)23-18(14-26)5-4-10-28-23/h3-12,15,17,20,22H,13,16H2,1-2H3. The summed E-state index contributed by atoms with van der Waals surface area (Å²) in [5.41, 5.74) is 2.77. The SMILES string of the molecule is CC(C)CC(CN1C=CC(Cl)c2ccn(-c3ncccc3C#N)c21)c1cccnc1. The Labute approximate surface area is 182 Å². The van der Waals surface area contributed by atoms with Gasteiger partial charge in [-0.25, -0.2) is 4.98 Å². The van der Waals surface area contributed by atoms with Crippen LogP contribution in [0.15, 0.2) is 67.4 Å². The Kier molecular flexibility index (Phi) is 5.87. The zero-order valence-electron chi connectivity index (χ0n) is 17.1. The third kappa shape index (κ3) is 3.96. The van der Waals surface area contributed by atoms with Crippen LogP contribution < -0.4 is 4.90 Å². The number of halogens is 1. The summed E-state index contributed by atoms with van der Waals surface area (Å²) in [4.78, 5) is 11.0. The highest BCUT2D eigenvalue weighted by atomic mass is 35.5. The van der Waals surface area contributed by atoms with Crippen molar-refractivity contribution >= 4 is 17.4 Å². The Morgan fingerprint density at radius 2 is 2.03 bits per heavy atom. The van der Waals surface area contributed by atoms with Gasteiger partial charge in [-0.1, -0.05) is 19.9 Å². The minimum atomic E-state index is -0.214. The first-order valence-electron chi connectivity index (χ1n) is 10.1. The van der Waals surface area contributed by atoms with Crippen molar-refractivity contribution < 1.29 is 0 Å². The highest BCUT2D eigenvalue weighted by Gasteiger charge is 2.27. The molecule has 1 aliphatic rings. The molecule has 0 radical (unpaired) electrons. The topological polar surface area (TPSA) is 57.7 Å². The quantitative estimate of drug-likeness (QED) is 0.491. The van der Waals surface area contributed by atoms with Gasteiger partial charge in [-0.2, -0.15) is 5.26 Å². The molecule has 4 heterocycles. The van der Waals surface area contributed by atoms with E-state index in [1.165, 1.54) is 5.56 Å². The molecule has 3 aromatic heterocycles. The van der Waals surface area contributed by atoms with Gasteiger partial charge in [-0.15, -0.1) is 11.6 Å². The average Bonchev–Trinajstić information content (AvgIpc) is 3.21. The van der Waals surface area contributed by atoms with Gasteiger partial charge in [0.2, 0.25) is 0 Å². The van der Waals surface area contributed by atoms with Crippen molar-refractivity contribution in [3.8, 4) is 11.9 Å². The maximum atomic E-state index is 9.57. The number of rotatable bonds is 6. The van der Waals surface area contributed by atoms with Crippen molar-refractivity contribution in [3.05, 3.63) is 84.1 Å². The molecular formula is C24H24ClN5. The third-order valence-electron chi connectivity index (χ3n) is 5.36. The van der Waals surface area contributed by atoms with Crippen molar-refractivity contribution in [3.63, 3.8) is 0 Å². The first-order valence-corrected chi connectivity index (χ1v) is 10.6. The lowest BCUT2D eigenvalue weighted by Gasteiger charge is -2.32. The van der Waals surface area contributed by atoms with Gasteiger partial charge >= 0.3 is 0 Å². The number of pyridine rings is 2. The van der Waals surface area contributed by atoms with Gasteiger partial charge in [0, 0.05) is 49.0 Å². The van der Waals surface area contributed by atoms with E-state index in [-0.39, 0.29) is 5.38 Å². The van der Waals surface area contributed by atoms with Crippen molar-refractivity contribution in [2.24, 2.45) is 5.92 Å². The average molecular weight is 418 g/mol. The predicted molar refractivity (Wildman–Crippen MR) is 120 cm³/mol. The second-order valence-corrected chi connectivity index (χ2v) is 8.43. The van der Waals surface area contributed by atoms with E-state index in [0.29, 0.717) is 23.2 Å². The normalized spacial score (nSPS) is 16.4. The zero-order valence-corrected chi connectivity index (χ0v) is 17.9. The molecular weight excluding hydrogens is 394 g/mol. The van der Waals surface area contributed by atoms with E-state index in [4.69, 9.17) is 11.6 Å². The maximum Gasteiger partial charge on any atom is 0.156 e. The van der Waals surface area contributed by atoms with E-state index < -0.39 is 0 Å². The molecule has 0 N–H and O–H groups in total. The second kappa shape index (κ2) is 8.73. The largest absolute Gasteiger partial charge is 0.333 e. The van der Waals surface area contributed by atoms with Crippen LogP contribution in [0.5, 0.6) is 0 Å². The number of nitrogens with zero attached hydrogens (tertiary/aromatic N) is 5. The smallest absolute Gasteiger partial charge is 0.156 e. The number of allylic oxidation sites excluding steroid dienone is 1. The van der Waals surface area contributed by atoms with Crippen LogP contribution in [0, 0.1) is 17.2 Å². The van der Waals surface area contributed by atoms with Gasteiger partial charge < -0.3 is 4.90 Å². The van der Waals surface area contributed by atoms with Crippen LogP contribution in [-0.2, 0) is 0 Å². The lowest BCUT2D eigenvalue weighted by molar-refractivity contribution is 0.498. The predicted octanol–water partition coefficient (Wildman–Crippen LogP) is 5.58. The van der Waals surface area contributed by atoms with Crippen LogP contribution in [-0.4, -0.2) is 21.1 Å². The highest BCUT2D eigenvalue weighted by Crippen LogP contribution is 2.40. The van der Waals surface area contributed by atoms with Crippen LogP contribution in [0.4, 0.5) is 5.82 Å². The molecule has 0 spiro atoms.